The number of nitrogens with zero attached hydrogens (tertiary/aromatic N) is 2. The van der Waals surface area contributed by atoms with Crippen molar-refractivity contribution in [2.75, 3.05) is 11.9 Å². The minimum absolute atomic E-state index is 0.200. The Hall–Kier alpha value is -3.70. The van der Waals surface area contributed by atoms with E-state index >= 15 is 0 Å². The molecule has 1 aromatic heterocycles. The molecule has 0 aliphatic carbocycles. The van der Waals surface area contributed by atoms with Crippen molar-refractivity contribution in [1.82, 2.24) is 9.47 Å². The van der Waals surface area contributed by atoms with Gasteiger partial charge in [-0.3, -0.25) is 0 Å². The number of hydrogen-bond donors (Lipinski definition) is 1. The molecule has 1 aliphatic rings. The van der Waals surface area contributed by atoms with Gasteiger partial charge in [-0.05, 0) is 66.6 Å². The Morgan fingerprint density at radius 2 is 1.76 bits per heavy atom. The molecular weight excluding hydrogens is 434 g/mol. The van der Waals surface area contributed by atoms with Gasteiger partial charge in [0.05, 0.1) is 24.5 Å². The molecule has 0 fully saturated rings. The van der Waals surface area contributed by atoms with E-state index in [1.54, 1.807) is 0 Å². The van der Waals surface area contributed by atoms with Gasteiger partial charge in [0.15, 0.2) is 0 Å². The highest BCUT2D eigenvalue weighted by molar-refractivity contribution is 6.31. The number of benzene rings is 3. The van der Waals surface area contributed by atoms with Crippen LogP contribution in [0.2, 0.25) is 5.02 Å². The number of aromatic nitrogens is 1. The van der Waals surface area contributed by atoms with E-state index < -0.39 is 0 Å². The number of halogens is 1. The molecule has 0 saturated carbocycles. The fourth-order valence-electron chi connectivity index (χ4n) is 4.36. The number of ether oxygens (including phenoxy) is 1. The van der Waals surface area contributed by atoms with Crippen LogP contribution < -0.4 is 10.1 Å². The monoisotopic (exact) mass is 457 g/mol. The maximum Gasteiger partial charge on any atom is 0.322 e. The minimum atomic E-state index is -0.358. The highest BCUT2D eigenvalue weighted by atomic mass is 35.5. The molecule has 33 heavy (non-hydrogen) atoms. The van der Waals surface area contributed by atoms with Crippen molar-refractivity contribution in [2.24, 2.45) is 0 Å². The summed E-state index contributed by atoms with van der Waals surface area (Å²) in [5.74, 6) is 0.769. The zero-order chi connectivity index (χ0) is 22.8. The first-order valence-electron chi connectivity index (χ1n) is 11.0. The molecule has 2 amide bonds. The first kappa shape index (κ1) is 21.2. The van der Waals surface area contributed by atoms with Crippen molar-refractivity contribution in [1.29, 1.82) is 0 Å². The number of anilines is 1. The molecule has 1 atom stereocenters. The molecule has 0 spiro atoms. The van der Waals surface area contributed by atoms with Crippen molar-refractivity contribution in [3.05, 3.63) is 113 Å². The van der Waals surface area contributed by atoms with Gasteiger partial charge in [-0.25, -0.2) is 4.79 Å². The van der Waals surface area contributed by atoms with Crippen LogP contribution in [0.1, 0.15) is 29.8 Å². The normalized spacial score (nSPS) is 14.7. The van der Waals surface area contributed by atoms with Gasteiger partial charge in [0.2, 0.25) is 0 Å². The second-order valence-corrected chi connectivity index (χ2v) is 8.28. The molecule has 5 rings (SSSR count). The Balaban J connectivity index is 1.57. The smallest absolute Gasteiger partial charge is 0.322 e. The van der Waals surface area contributed by atoms with Crippen molar-refractivity contribution in [3.8, 4) is 11.4 Å². The molecule has 5 nitrogen and oxygen atoms in total. The van der Waals surface area contributed by atoms with Crippen molar-refractivity contribution < 1.29 is 9.53 Å². The van der Waals surface area contributed by atoms with E-state index in [2.05, 4.69) is 22.0 Å². The number of amides is 2. The summed E-state index contributed by atoms with van der Waals surface area (Å²) in [6, 6.07) is 26.8. The van der Waals surface area contributed by atoms with Crippen LogP contribution in [0.15, 0.2) is 91.1 Å². The lowest BCUT2D eigenvalue weighted by atomic mass is 10.0. The number of carbonyl (C=O) groups excluding carboxylic acids is 1. The first-order chi connectivity index (χ1) is 16.2. The standard InChI is InChI=1S/C27H24ClN3O2/c1-2-33-21-15-13-20(14-16-21)29-27(32)31-18-19-8-3-6-11-24(19)30-17-7-12-25(30)26(31)22-9-4-5-10-23(22)28/h3-17,26H,2,18H2,1H3,(H,29,32). The highest BCUT2D eigenvalue weighted by Gasteiger charge is 2.34. The number of hydrogen-bond acceptors (Lipinski definition) is 2. The fourth-order valence-corrected chi connectivity index (χ4v) is 4.60. The molecule has 0 radical (unpaired) electrons. The molecule has 0 bridgehead atoms. The summed E-state index contributed by atoms with van der Waals surface area (Å²) in [6.07, 6.45) is 2.03. The van der Waals surface area contributed by atoms with Crippen LogP contribution in [-0.2, 0) is 6.54 Å². The van der Waals surface area contributed by atoms with E-state index in [4.69, 9.17) is 16.3 Å². The lowest BCUT2D eigenvalue weighted by Gasteiger charge is -2.31. The maximum atomic E-state index is 13.7. The summed E-state index contributed by atoms with van der Waals surface area (Å²) < 4.78 is 7.66. The van der Waals surface area contributed by atoms with Crippen LogP contribution >= 0.6 is 11.6 Å². The molecule has 166 valence electrons. The van der Waals surface area contributed by atoms with Gasteiger partial charge in [-0.2, -0.15) is 0 Å². The van der Waals surface area contributed by atoms with Gasteiger partial charge in [0.25, 0.3) is 0 Å². The number of nitrogens with one attached hydrogen (secondary N) is 1. The second kappa shape index (κ2) is 9.04. The number of para-hydroxylation sites is 1. The lowest BCUT2D eigenvalue weighted by Crippen LogP contribution is -2.38. The number of fused-ring (bicyclic) bond motifs is 3. The van der Waals surface area contributed by atoms with E-state index in [1.165, 1.54) is 0 Å². The number of urea groups is 1. The Morgan fingerprint density at radius 3 is 2.55 bits per heavy atom. The van der Waals surface area contributed by atoms with E-state index in [-0.39, 0.29) is 12.1 Å². The fraction of sp³-hybridized carbons (Fsp3) is 0.148. The zero-order valence-corrected chi connectivity index (χ0v) is 19.0. The van der Waals surface area contributed by atoms with Gasteiger partial charge >= 0.3 is 6.03 Å². The van der Waals surface area contributed by atoms with E-state index in [9.17, 15) is 4.79 Å². The summed E-state index contributed by atoms with van der Waals surface area (Å²) in [5.41, 5.74) is 4.69. The van der Waals surface area contributed by atoms with Gasteiger partial charge < -0.3 is 19.5 Å². The predicted octanol–water partition coefficient (Wildman–Crippen LogP) is 6.67. The predicted molar refractivity (Wildman–Crippen MR) is 131 cm³/mol. The van der Waals surface area contributed by atoms with Crippen molar-refractivity contribution in [2.45, 2.75) is 19.5 Å². The van der Waals surface area contributed by atoms with Crippen LogP contribution in [0.3, 0.4) is 0 Å². The van der Waals surface area contributed by atoms with Crippen LogP contribution in [0.25, 0.3) is 5.69 Å². The Bertz CT molecular complexity index is 1280. The zero-order valence-electron chi connectivity index (χ0n) is 18.2. The lowest BCUT2D eigenvalue weighted by molar-refractivity contribution is 0.194. The van der Waals surface area contributed by atoms with Crippen LogP contribution in [0.5, 0.6) is 5.75 Å². The van der Waals surface area contributed by atoms with E-state index in [1.807, 2.05) is 90.8 Å². The van der Waals surface area contributed by atoms with E-state index in [0.717, 1.165) is 28.3 Å². The number of rotatable bonds is 4. The summed E-state index contributed by atoms with van der Waals surface area (Å²) >= 11 is 6.65. The molecule has 1 N–H and O–H groups in total. The summed E-state index contributed by atoms with van der Waals surface area (Å²) in [7, 11) is 0. The van der Waals surface area contributed by atoms with Crippen LogP contribution in [0, 0.1) is 0 Å². The highest BCUT2D eigenvalue weighted by Crippen LogP contribution is 2.39. The van der Waals surface area contributed by atoms with Crippen LogP contribution in [0.4, 0.5) is 10.5 Å². The molecule has 3 aromatic carbocycles. The molecule has 6 heteroatoms. The molecule has 0 saturated heterocycles. The minimum Gasteiger partial charge on any atom is -0.494 e. The van der Waals surface area contributed by atoms with Crippen molar-refractivity contribution in [3.63, 3.8) is 0 Å². The molecule has 1 aliphatic heterocycles. The average molecular weight is 458 g/mol. The quantitative estimate of drug-likeness (QED) is 0.372. The third-order valence-electron chi connectivity index (χ3n) is 5.84. The van der Waals surface area contributed by atoms with E-state index in [0.29, 0.717) is 23.9 Å². The Morgan fingerprint density at radius 1 is 1.00 bits per heavy atom. The first-order valence-corrected chi connectivity index (χ1v) is 11.3. The molecule has 1 unspecified atom stereocenters. The Labute approximate surface area is 198 Å². The van der Waals surface area contributed by atoms with Gasteiger partial charge in [0.1, 0.15) is 11.8 Å². The molecule has 2 heterocycles. The van der Waals surface area contributed by atoms with Gasteiger partial charge in [-0.1, -0.05) is 48.0 Å². The average Bonchev–Trinajstić information content (AvgIpc) is 3.26. The third-order valence-corrected chi connectivity index (χ3v) is 6.19. The molecular formula is C27H24ClN3O2. The van der Waals surface area contributed by atoms with Gasteiger partial charge in [0, 0.05) is 16.9 Å². The summed E-state index contributed by atoms with van der Waals surface area (Å²) in [6.45, 7) is 2.98. The second-order valence-electron chi connectivity index (χ2n) is 7.87. The molecule has 4 aromatic rings. The topological polar surface area (TPSA) is 46.5 Å². The van der Waals surface area contributed by atoms with Crippen LogP contribution in [-0.4, -0.2) is 22.1 Å². The summed E-state index contributed by atoms with van der Waals surface area (Å²) in [4.78, 5) is 15.5. The third kappa shape index (κ3) is 4.08. The number of carbonyl (C=O) groups is 1. The Kier molecular flexibility index (Phi) is 5.80. The SMILES string of the molecule is CCOc1ccc(NC(=O)N2Cc3ccccc3-n3cccc3C2c2ccccc2Cl)cc1. The largest absolute Gasteiger partial charge is 0.494 e. The maximum absolute atomic E-state index is 13.7. The van der Waals surface area contributed by atoms with Crippen molar-refractivity contribution >= 4 is 23.3 Å². The summed E-state index contributed by atoms with van der Waals surface area (Å²) in [5, 5.41) is 3.69. The van der Waals surface area contributed by atoms with Gasteiger partial charge in [-0.15, -0.1) is 0 Å².